The number of primary sulfonamides is 1. The molecule has 0 fully saturated rings. The minimum atomic E-state index is -3.83. The van der Waals surface area contributed by atoms with Crippen LogP contribution in [-0.2, 0) is 10.0 Å². The van der Waals surface area contributed by atoms with Crippen molar-refractivity contribution >= 4 is 66.1 Å². The number of halogens is 2. The Morgan fingerprint density at radius 2 is 1.33 bits per heavy atom. The normalized spacial score (nSPS) is 11.7. The first-order valence-corrected chi connectivity index (χ1v) is 12.8. The Morgan fingerprint density at radius 1 is 0.697 bits per heavy atom. The molecule has 0 aliphatic heterocycles. The first kappa shape index (κ1) is 23.6. The second kappa shape index (κ2) is 10.2. The summed E-state index contributed by atoms with van der Waals surface area (Å²) >= 11 is 12.8. The maximum Gasteiger partial charge on any atom is 0.238 e. The molecule has 0 aliphatic carbocycles. The minimum Gasteiger partial charge on any atom is -0.383 e. The Labute approximate surface area is 203 Å². The lowest BCUT2D eigenvalue weighted by Gasteiger charge is -2.14. The third kappa shape index (κ3) is 5.34. The van der Waals surface area contributed by atoms with Gasteiger partial charge in [0.05, 0.1) is 20.6 Å². The fourth-order valence-corrected chi connectivity index (χ4v) is 5.14. The lowest BCUT2D eigenvalue weighted by atomic mass is 10.1. The molecule has 0 atom stereocenters. The van der Waals surface area contributed by atoms with E-state index >= 15 is 0 Å². The van der Waals surface area contributed by atoms with Crippen LogP contribution >= 0.6 is 23.2 Å². The Hall–Kier alpha value is -2.55. The highest BCUT2D eigenvalue weighted by Gasteiger charge is 2.15. The molecule has 0 spiro atoms. The van der Waals surface area contributed by atoms with Crippen molar-refractivity contribution in [2.75, 3.05) is 36.8 Å². The molecule has 0 radical (unpaired) electrons. The SMILES string of the molecule is NS(=O)(=O)c1cccc2cccc(NCCNCCNc3c(Cl)ccc4cccc(Cl)c34)c12. The molecule has 0 aliphatic rings. The zero-order valence-electron chi connectivity index (χ0n) is 17.7. The van der Waals surface area contributed by atoms with E-state index in [4.69, 9.17) is 28.3 Å². The molecule has 0 amide bonds. The molecule has 9 heteroatoms. The smallest absolute Gasteiger partial charge is 0.238 e. The van der Waals surface area contributed by atoms with Gasteiger partial charge in [-0.25, -0.2) is 13.6 Å². The van der Waals surface area contributed by atoms with Crippen LogP contribution < -0.4 is 21.1 Å². The van der Waals surface area contributed by atoms with Gasteiger partial charge in [-0.1, -0.05) is 65.7 Å². The van der Waals surface area contributed by atoms with Crippen molar-refractivity contribution in [2.45, 2.75) is 4.90 Å². The van der Waals surface area contributed by atoms with Crippen molar-refractivity contribution in [3.05, 3.63) is 76.8 Å². The standard InChI is InChI=1S/C24H24Cl2N4O2S/c25-18-7-1-4-17-10-11-19(26)24(22(17)18)30-15-13-28-12-14-29-20-8-2-5-16-6-3-9-21(23(16)20)33(27,31)32/h1-11,28-30H,12-15H2,(H2,27,31,32). The van der Waals surface area contributed by atoms with Gasteiger partial charge in [0.25, 0.3) is 0 Å². The van der Waals surface area contributed by atoms with Gasteiger partial charge in [0, 0.05) is 42.6 Å². The highest BCUT2D eigenvalue weighted by atomic mass is 35.5. The number of nitrogens with two attached hydrogens (primary N) is 1. The van der Waals surface area contributed by atoms with E-state index in [1.54, 1.807) is 6.07 Å². The third-order valence-corrected chi connectivity index (χ3v) is 6.92. The second-order valence-electron chi connectivity index (χ2n) is 7.57. The van der Waals surface area contributed by atoms with Crippen molar-refractivity contribution in [3.63, 3.8) is 0 Å². The van der Waals surface area contributed by atoms with Gasteiger partial charge in [-0.3, -0.25) is 0 Å². The summed E-state index contributed by atoms with van der Waals surface area (Å²) in [5.74, 6) is 0. The molecule has 6 nitrogen and oxygen atoms in total. The summed E-state index contributed by atoms with van der Waals surface area (Å²) in [5, 5.41) is 20.1. The van der Waals surface area contributed by atoms with Crippen LogP contribution in [0.3, 0.4) is 0 Å². The van der Waals surface area contributed by atoms with Gasteiger partial charge in [-0.05, 0) is 35.0 Å². The van der Waals surface area contributed by atoms with Crippen LogP contribution in [-0.4, -0.2) is 34.6 Å². The lowest BCUT2D eigenvalue weighted by molar-refractivity contribution is 0.598. The van der Waals surface area contributed by atoms with Crippen molar-refractivity contribution in [1.82, 2.24) is 5.32 Å². The maximum absolute atomic E-state index is 12.0. The molecule has 0 aromatic heterocycles. The predicted molar refractivity (Wildman–Crippen MR) is 139 cm³/mol. The van der Waals surface area contributed by atoms with Crippen molar-refractivity contribution in [3.8, 4) is 0 Å². The molecule has 0 unspecified atom stereocenters. The van der Waals surface area contributed by atoms with Crippen LogP contribution in [0.5, 0.6) is 0 Å². The van der Waals surface area contributed by atoms with E-state index in [9.17, 15) is 8.42 Å². The van der Waals surface area contributed by atoms with E-state index in [0.717, 1.165) is 27.5 Å². The van der Waals surface area contributed by atoms with Gasteiger partial charge in [-0.15, -0.1) is 0 Å². The van der Waals surface area contributed by atoms with E-state index < -0.39 is 10.0 Å². The van der Waals surface area contributed by atoms with Crippen molar-refractivity contribution < 1.29 is 8.42 Å². The lowest BCUT2D eigenvalue weighted by Crippen LogP contribution is -2.27. The number of nitrogens with one attached hydrogen (secondary N) is 3. The molecular weight excluding hydrogens is 479 g/mol. The van der Waals surface area contributed by atoms with Crippen molar-refractivity contribution in [1.29, 1.82) is 0 Å². The van der Waals surface area contributed by atoms with Crippen LogP contribution in [0.2, 0.25) is 10.0 Å². The number of fused-ring (bicyclic) bond motifs is 2. The number of benzene rings is 4. The zero-order valence-corrected chi connectivity index (χ0v) is 20.1. The number of sulfonamides is 1. The molecule has 33 heavy (non-hydrogen) atoms. The quantitative estimate of drug-likeness (QED) is 0.240. The number of rotatable bonds is 9. The van der Waals surface area contributed by atoms with Crippen LogP contribution in [0.4, 0.5) is 11.4 Å². The molecule has 4 aromatic rings. The summed E-state index contributed by atoms with van der Waals surface area (Å²) in [6.07, 6.45) is 0. The molecule has 0 saturated heterocycles. The Morgan fingerprint density at radius 3 is 2.06 bits per heavy atom. The Bertz CT molecular complexity index is 1410. The summed E-state index contributed by atoms with van der Waals surface area (Å²) in [5.41, 5.74) is 1.56. The van der Waals surface area contributed by atoms with Gasteiger partial charge in [0.2, 0.25) is 10.0 Å². The molecule has 0 saturated carbocycles. The van der Waals surface area contributed by atoms with E-state index in [0.29, 0.717) is 41.6 Å². The Balaban J connectivity index is 1.33. The van der Waals surface area contributed by atoms with E-state index in [2.05, 4.69) is 16.0 Å². The Kier molecular flexibility index (Phi) is 7.26. The first-order chi connectivity index (χ1) is 15.9. The zero-order chi connectivity index (χ0) is 23.4. The molecule has 172 valence electrons. The predicted octanol–water partition coefficient (Wildman–Crippen LogP) is 5.06. The average molecular weight is 503 g/mol. The summed E-state index contributed by atoms with van der Waals surface area (Å²) in [7, 11) is -3.83. The second-order valence-corrected chi connectivity index (χ2v) is 9.91. The molecule has 0 bridgehead atoms. The molecular formula is C24H24Cl2N4O2S. The summed E-state index contributed by atoms with van der Waals surface area (Å²) < 4.78 is 24.0. The fourth-order valence-electron chi connectivity index (χ4n) is 3.86. The molecule has 5 N–H and O–H groups in total. The topological polar surface area (TPSA) is 96.2 Å². The van der Waals surface area contributed by atoms with Crippen LogP contribution in [0.1, 0.15) is 0 Å². The first-order valence-electron chi connectivity index (χ1n) is 10.5. The number of hydrogen-bond acceptors (Lipinski definition) is 5. The van der Waals surface area contributed by atoms with Gasteiger partial charge in [0.1, 0.15) is 0 Å². The van der Waals surface area contributed by atoms with E-state index in [1.807, 2.05) is 54.6 Å². The third-order valence-electron chi connectivity index (χ3n) is 5.34. The van der Waals surface area contributed by atoms with E-state index in [1.165, 1.54) is 6.07 Å². The minimum absolute atomic E-state index is 0.117. The van der Waals surface area contributed by atoms with Gasteiger partial charge in [0.15, 0.2) is 0 Å². The molecule has 0 heterocycles. The van der Waals surface area contributed by atoms with Crippen LogP contribution in [0.25, 0.3) is 21.5 Å². The van der Waals surface area contributed by atoms with Crippen LogP contribution in [0, 0.1) is 0 Å². The highest BCUT2D eigenvalue weighted by Crippen LogP contribution is 2.35. The molecule has 4 rings (SSSR count). The summed E-state index contributed by atoms with van der Waals surface area (Å²) in [4.78, 5) is 0.117. The average Bonchev–Trinajstić information content (AvgIpc) is 2.79. The largest absolute Gasteiger partial charge is 0.383 e. The summed E-state index contributed by atoms with van der Waals surface area (Å²) in [6.45, 7) is 2.66. The highest BCUT2D eigenvalue weighted by molar-refractivity contribution is 7.89. The van der Waals surface area contributed by atoms with Crippen molar-refractivity contribution in [2.24, 2.45) is 5.14 Å². The van der Waals surface area contributed by atoms with Crippen LogP contribution in [0.15, 0.2) is 71.6 Å². The maximum atomic E-state index is 12.0. The monoisotopic (exact) mass is 502 g/mol. The van der Waals surface area contributed by atoms with E-state index in [-0.39, 0.29) is 4.90 Å². The van der Waals surface area contributed by atoms with Gasteiger partial charge >= 0.3 is 0 Å². The number of hydrogen-bond donors (Lipinski definition) is 4. The summed E-state index contributed by atoms with van der Waals surface area (Å²) in [6, 6.07) is 20.3. The molecule has 4 aromatic carbocycles. The van der Waals surface area contributed by atoms with Gasteiger partial charge < -0.3 is 16.0 Å². The van der Waals surface area contributed by atoms with Gasteiger partial charge in [-0.2, -0.15) is 0 Å². The fraction of sp³-hybridized carbons (Fsp3) is 0.167. The number of anilines is 2.